The number of hydrogen-bond acceptors (Lipinski definition) is 5. The largest absolute Gasteiger partial charge is 0.396 e. The fraction of sp³-hybridized carbons (Fsp3) is 0.133. The lowest BCUT2D eigenvalue weighted by Gasteiger charge is -2.08. The van der Waals surface area contributed by atoms with Gasteiger partial charge in [0, 0.05) is 18.1 Å². The molecule has 0 aliphatic carbocycles. The summed E-state index contributed by atoms with van der Waals surface area (Å²) in [6.07, 6.45) is 3.15. The predicted octanol–water partition coefficient (Wildman–Crippen LogP) is 3.14. The number of hydrogen-bond donors (Lipinski definition) is 2. The molecule has 6 heteroatoms. The van der Waals surface area contributed by atoms with Gasteiger partial charge >= 0.3 is 0 Å². The third kappa shape index (κ3) is 2.45. The van der Waals surface area contributed by atoms with Crippen molar-refractivity contribution in [3.05, 3.63) is 46.6 Å². The Hall–Kier alpha value is -2.47. The van der Waals surface area contributed by atoms with Crippen LogP contribution in [-0.4, -0.2) is 15.9 Å². The Bertz CT molecular complexity index is 841. The maximum Gasteiger partial charge on any atom is 0.268 e. The lowest BCUT2D eigenvalue weighted by atomic mass is 10.1. The molecule has 2 heterocycles. The van der Waals surface area contributed by atoms with Crippen molar-refractivity contribution in [1.29, 1.82) is 0 Å². The van der Waals surface area contributed by atoms with Crippen LogP contribution in [0.15, 0.2) is 30.6 Å². The summed E-state index contributed by atoms with van der Waals surface area (Å²) >= 11 is 1.25. The van der Waals surface area contributed by atoms with E-state index < -0.39 is 0 Å². The van der Waals surface area contributed by atoms with Gasteiger partial charge in [-0.15, -0.1) is 11.3 Å². The number of nitrogens with zero attached hydrogens (tertiary/aromatic N) is 2. The minimum Gasteiger partial charge on any atom is -0.396 e. The predicted molar refractivity (Wildman–Crippen MR) is 85.7 cm³/mol. The Kier molecular flexibility index (Phi) is 3.31. The van der Waals surface area contributed by atoms with Crippen molar-refractivity contribution in [2.24, 2.45) is 0 Å². The third-order valence-electron chi connectivity index (χ3n) is 3.20. The van der Waals surface area contributed by atoms with Crippen molar-refractivity contribution < 1.29 is 4.79 Å². The van der Waals surface area contributed by atoms with Crippen LogP contribution in [0.5, 0.6) is 0 Å². The van der Waals surface area contributed by atoms with Gasteiger partial charge < -0.3 is 11.1 Å². The number of anilines is 2. The molecule has 21 heavy (non-hydrogen) atoms. The van der Waals surface area contributed by atoms with Crippen LogP contribution in [0.2, 0.25) is 0 Å². The van der Waals surface area contributed by atoms with Gasteiger partial charge in [0.05, 0.1) is 5.69 Å². The van der Waals surface area contributed by atoms with E-state index in [1.807, 2.05) is 32.0 Å². The zero-order valence-corrected chi connectivity index (χ0v) is 12.5. The summed E-state index contributed by atoms with van der Waals surface area (Å²) in [4.78, 5) is 21.9. The second-order valence-electron chi connectivity index (χ2n) is 4.83. The van der Waals surface area contributed by atoms with E-state index in [4.69, 9.17) is 5.73 Å². The summed E-state index contributed by atoms with van der Waals surface area (Å²) in [7, 11) is 0. The molecule has 1 aromatic carbocycles. The summed E-state index contributed by atoms with van der Waals surface area (Å²) in [6, 6.07) is 5.87. The highest BCUT2D eigenvalue weighted by molar-refractivity contribution is 7.21. The van der Waals surface area contributed by atoms with Crippen molar-refractivity contribution in [2.75, 3.05) is 11.1 Å². The van der Waals surface area contributed by atoms with Gasteiger partial charge in [0.1, 0.15) is 15.2 Å². The fourth-order valence-electron chi connectivity index (χ4n) is 2.15. The van der Waals surface area contributed by atoms with Gasteiger partial charge in [0.2, 0.25) is 0 Å². The number of aromatic nitrogens is 2. The molecule has 0 saturated carbocycles. The first-order valence-corrected chi connectivity index (χ1v) is 7.25. The van der Waals surface area contributed by atoms with Gasteiger partial charge in [0.25, 0.3) is 5.91 Å². The highest BCUT2D eigenvalue weighted by atomic mass is 32.1. The topological polar surface area (TPSA) is 80.9 Å². The number of carbonyl (C=O) groups is 1. The van der Waals surface area contributed by atoms with E-state index in [1.54, 1.807) is 12.4 Å². The van der Waals surface area contributed by atoms with Crippen molar-refractivity contribution >= 4 is 39.0 Å². The van der Waals surface area contributed by atoms with Crippen molar-refractivity contribution in [3.8, 4) is 0 Å². The van der Waals surface area contributed by atoms with Gasteiger partial charge in [-0.1, -0.05) is 17.7 Å². The van der Waals surface area contributed by atoms with E-state index in [1.165, 1.54) is 11.3 Å². The molecule has 5 nitrogen and oxygen atoms in total. The van der Waals surface area contributed by atoms with E-state index in [0.29, 0.717) is 20.9 Å². The molecule has 1 amide bonds. The zero-order valence-electron chi connectivity index (χ0n) is 11.7. The second-order valence-corrected chi connectivity index (χ2v) is 5.83. The Morgan fingerprint density at radius 3 is 2.71 bits per heavy atom. The number of nitrogens with two attached hydrogens (primary N) is 1. The molecule has 0 aliphatic heterocycles. The highest BCUT2D eigenvalue weighted by Crippen LogP contribution is 2.31. The minimum absolute atomic E-state index is 0.232. The molecule has 0 unspecified atom stereocenters. The van der Waals surface area contributed by atoms with Gasteiger partial charge in [0.15, 0.2) is 0 Å². The molecule has 0 radical (unpaired) electrons. The van der Waals surface area contributed by atoms with Crippen LogP contribution in [0.4, 0.5) is 11.4 Å². The number of nitrogens with one attached hydrogen (secondary N) is 1. The standard InChI is InChI=1S/C15H14N4OS/c1-8-3-4-10(9(2)7-8)19-14(20)13-11(16)12-15(21-13)18-6-5-17-12/h3-7H,16H2,1-2H3,(H,19,20). The molecule has 3 rings (SSSR count). The normalized spacial score (nSPS) is 10.8. The Balaban J connectivity index is 1.95. The molecule has 0 bridgehead atoms. The highest BCUT2D eigenvalue weighted by Gasteiger charge is 2.18. The molecule has 0 aliphatic rings. The van der Waals surface area contributed by atoms with Gasteiger partial charge in [-0.25, -0.2) is 9.97 Å². The summed E-state index contributed by atoms with van der Waals surface area (Å²) < 4.78 is 0. The van der Waals surface area contributed by atoms with Crippen molar-refractivity contribution in [3.63, 3.8) is 0 Å². The third-order valence-corrected chi connectivity index (χ3v) is 4.30. The Labute approximate surface area is 125 Å². The molecule has 2 aromatic heterocycles. The Morgan fingerprint density at radius 2 is 2.00 bits per heavy atom. The molecule has 0 fully saturated rings. The first kappa shape index (κ1) is 13.5. The van der Waals surface area contributed by atoms with Crippen LogP contribution in [0.25, 0.3) is 10.3 Å². The quantitative estimate of drug-likeness (QED) is 0.761. The number of carbonyl (C=O) groups excluding carboxylic acids is 1. The van der Waals surface area contributed by atoms with Crippen LogP contribution < -0.4 is 11.1 Å². The van der Waals surface area contributed by atoms with E-state index in [9.17, 15) is 4.79 Å². The zero-order chi connectivity index (χ0) is 15.0. The second kappa shape index (κ2) is 5.14. The van der Waals surface area contributed by atoms with Crippen LogP contribution in [0.1, 0.15) is 20.8 Å². The molecular formula is C15H14N4OS. The average molecular weight is 298 g/mol. The fourth-order valence-corrected chi connectivity index (χ4v) is 3.06. The van der Waals surface area contributed by atoms with Gasteiger partial charge in [-0.05, 0) is 25.5 Å². The summed E-state index contributed by atoms with van der Waals surface area (Å²) in [5.41, 5.74) is 9.91. The van der Waals surface area contributed by atoms with E-state index in [-0.39, 0.29) is 5.91 Å². The van der Waals surface area contributed by atoms with E-state index in [0.717, 1.165) is 16.8 Å². The van der Waals surface area contributed by atoms with Crippen LogP contribution in [0, 0.1) is 13.8 Å². The smallest absolute Gasteiger partial charge is 0.268 e. The molecule has 3 aromatic rings. The van der Waals surface area contributed by atoms with Crippen LogP contribution in [-0.2, 0) is 0 Å². The number of rotatable bonds is 2. The summed E-state index contributed by atoms with van der Waals surface area (Å²) in [5.74, 6) is -0.232. The first-order chi connectivity index (χ1) is 10.1. The van der Waals surface area contributed by atoms with Crippen LogP contribution >= 0.6 is 11.3 Å². The van der Waals surface area contributed by atoms with E-state index >= 15 is 0 Å². The number of benzene rings is 1. The molecule has 0 saturated heterocycles. The first-order valence-electron chi connectivity index (χ1n) is 6.44. The number of amides is 1. The number of thiophene rings is 1. The summed E-state index contributed by atoms with van der Waals surface area (Å²) in [6.45, 7) is 3.97. The molecule has 0 atom stereocenters. The number of fused-ring (bicyclic) bond motifs is 1. The van der Waals surface area contributed by atoms with Gasteiger partial charge in [-0.3, -0.25) is 4.79 Å². The summed E-state index contributed by atoms with van der Waals surface area (Å²) in [5, 5.41) is 2.89. The number of nitrogen functional groups attached to an aromatic ring is 1. The minimum atomic E-state index is -0.232. The average Bonchev–Trinajstić information content (AvgIpc) is 2.80. The van der Waals surface area contributed by atoms with Crippen molar-refractivity contribution in [2.45, 2.75) is 13.8 Å². The van der Waals surface area contributed by atoms with E-state index in [2.05, 4.69) is 15.3 Å². The maximum absolute atomic E-state index is 12.4. The van der Waals surface area contributed by atoms with Gasteiger partial charge in [-0.2, -0.15) is 0 Å². The molecular weight excluding hydrogens is 284 g/mol. The molecule has 106 valence electrons. The van der Waals surface area contributed by atoms with Crippen molar-refractivity contribution in [1.82, 2.24) is 9.97 Å². The molecule has 0 spiro atoms. The SMILES string of the molecule is Cc1ccc(NC(=O)c2sc3nccnc3c2N)c(C)c1. The lowest BCUT2D eigenvalue weighted by Crippen LogP contribution is -2.12. The Morgan fingerprint density at radius 1 is 1.24 bits per heavy atom. The van der Waals surface area contributed by atoms with Crippen LogP contribution in [0.3, 0.4) is 0 Å². The lowest BCUT2D eigenvalue weighted by molar-refractivity contribution is 0.103. The number of aryl methyl sites for hydroxylation is 2. The monoisotopic (exact) mass is 298 g/mol. The molecule has 3 N–H and O–H groups in total. The maximum atomic E-state index is 12.4.